The van der Waals surface area contributed by atoms with Gasteiger partial charge < -0.3 is 14.6 Å². The van der Waals surface area contributed by atoms with E-state index in [2.05, 4.69) is 0 Å². The second kappa shape index (κ2) is 6.13. The molecule has 1 aromatic carbocycles. The van der Waals surface area contributed by atoms with E-state index in [-0.39, 0.29) is 25.2 Å². The van der Waals surface area contributed by atoms with Crippen LogP contribution in [-0.2, 0) is 20.9 Å². The molecule has 0 bridgehead atoms. The number of carbonyl (C=O) groups excluding carboxylic acids is 2. The van der Waals surface area contributed by atoms with Crippen molar-refractivity contribution in [1.82, 2.24) is 0 Å². The third-order valence-corrected chi connectivity index (χ3v) is 3.17. The van der Waals surface area contributed by atoms with Gasteiger partial charge in [0.05, 0.1) is 18.4 Å². The zero-order valence-electron chi connectivity index (χ0n) is 12.3. The van der Waals surface area contributed by atoms with Crippen molar-refractivity contribution < 1.29 is 24.2 Å². The average Bonchev–Trinajstić information content (AvgIpc) is 2.45. The summed E-state index contributed by atoms with van der Waals surface area (Å²) < 4.78 is 10.5. The minimum Gasteiger partial charge on any atom is -0.482 e. The summed E-state index contributed by atoms with van der Waals surface area (Å²) in [5.74, 6) is -0.276. The van der Waals surface area contributed by atoms with Crippen molar-refractivity contribution in [2.45, 2.75) is 39.5 Å². The van der Waals surface area contributed by atoms with Crippen LogP contribution in [0.15, 0.2) is 18.2 Å². The largest absolute Gasteiger partial charge is 0.482 e. The smallest absolute Gasteiger partial charge is 0.329 e. The highest BCUT2D eigenvalue weighted by molar-refractivity contribution is 6.02. The molecule has 1 aliphatic heterocycles. The summed E-state index contributed by atoms with van der Waals surface area (Å²) in [5, 5.41) is 9.22. The van der Waals surface area contributed by atoms with Crippen LogP contribution in [0.25, 0.3) is 0 Å². The Morgan fingerprint density at radius 1 is 1.43 bits per heavy atom. The van der Waals surface area contributed by atoms with Gasteiger partial charge in [-0.25, -0.2) is 4.79 Å². The maximum Gasteiger partial charge on any atom is 0.329 e. The Morgan fingerprint density at radius 3 is 2.76 bits per heavy atom. The van der Waals surface area contributed by atoms with Crippen molar-refractivity contribution in [3.8, 4) is 5.75 Å². The molecule has 0 saturated heterocycles. The number of nitrogens with zero attached hydrogens (tertiary/aromatic N) is 1. The lowest BCUT2D eigenvalue weighted by atomic mass is 10.1. The van der Waals surface area contributed by atoms with E-state index >= 15 is 0 Å². The SMILES string of the molecule is CC(C)OC(=O)C(C)N1C(=O)COc2ccc(CO)cc21. The lowest BCUT2D eigenvalue weighted by Gasteiger charge is -2.33. The fourth-order valence-electron chi connectivity index (χ4n) is 2.18. The number of ether oxygens (including phenoxy) is 2. The number of anilines is 1. The fraction of sp³-hybridized carbons (Fsp3) is 0.467. The third kappa shape index (κ3) is 3.16. The summed E-state index contributed by atoms with van der Waals surface area (Å²) in [5.41, 5.74) is 1.12. The molecule has 1 heterocycles. The first-order chi connectivity index (χ1) is 9.93. The van der Waals surface area contributed by atoms with Crippen LogP contribution in [0.4, 0.5) is 5.69 Å². The molecule has 0 aliphatic carbocycles. The highest BCUT2D eigenvalue weighted by Crippen LogP contribution is 2.34. The van der Waals surface area contributed by atoms with E-state index < -0.39 is 12.0 Å². The van der Waals surface area contributed by atoms with Gasteiger partial charge in [0.25, 0.3) is 5.91 Å². The van der Waals surface area contributed by atoms with Gasteiger partial charge in [0.1, 0.15) is 11.8 Å². The normalized spacial score (nSPS) is 15.5. The van der Waals surface area contributed by atoms with Crippen molar-refractivity contribution in [1.29, 1.82) is 0 Å². The first kappa shape index (κ1) is 15.3. The Labute approximate surface area is 123 Å². The monoisotopic (exact) mass is 293 g/mol. The number of benzene rings is 1. The van der Waals surface area contributed by atoms with Crippen LogP contribution in [0.2, 0.25) is 0 Å². The van der Waals surface area contributed by atoms with E-state index in [0.717, 1.165) is 0 Å². The molecule has 2 rings (SSSR count). The van der Waals surface area contributed by atoms with E-state index in [1.807, 2.05) is 0 Å². The predicted octanol–water partition coefficient (Wildman–Crippen LogP) is 1.24. The van der Waals surface area contributed by atoms with Gasteiger partial charge in [-0.1, -0.05) is 6.07 Å². The molecule has 1 unspecified atom stereocenters. The van der Waals surface area contributed by atoms with Gasteiger partial charge in [0.15, 0.2) is 6.61 Å². The van der Waals surface area contributed by atoms with Gasteiger partial charge >= 0.3 is 5.97 Å². The molecule has 1 amide bonds. The lowest BCUT2D eigenvalue weighted by molar-refractivity contribution is -0.149. The van der Waals surface area contributed by atoms with Crippen molar-refractivity contribution in [2.75, 3.05) is 11.5 Å². The van der Waals surface area contributed by atoms with Gasteiger partial charge in [0, 0.05) is 0 Å². The quantitative estimate of drug-likeness (QED) is 0.845. The number of fused-ring (bicyclic) bond motifs is 1. The van der Waals surface area contributed by atoms with Crippen LogP contribution in [-0.4, -0.2) is 35.7 Å². The zero-order chi connectivity index (χ0) is 15.6. The van der Waals surface area contributed by atoms with Crippen molar-refractivity contribution in [3.05, 3.63) is 23.8 Å². The molecule has 1 N–H and O–H groups in total. The van der Waals surface area contributed by atoms with E-state index in [9.17, 15) is 14.7 Å². The van der Waals surface area contributed by atoms with Gasteiger partial charge in [-0.15, -0.1) is 0 Å². The molecule has 0 fully saturated rings. The molecule has 0 spiro atoms. The summed E-state index contributed by atoms with van der Waals surface area (Å²) in [6.07, 6.45) is -0.251. The minimum absolute atomic E-state index is 0.120. The second-order valence-corrected chi connectivity index (χ2v) is 5.17. The summed E-state index contributed by atoms with van der Waals surface area (Å²) in [4.78, 5) is 25.5. The first-order valence-corrected chi connectivity index (χ1v) is 6.83. The zero-order valence-corrected chi connectivity index (χ0v) is 12.3. The van der Waals surface area contributed by atoms with Gasteiger partial charge in [-0.2, -0.15) is 0 Å². The molecule has 114 valence electrons. The molecule has 21 heavy (non-hydrogen) atoms. The van der Waals surface area contributed by atoms with Crippen LogP contribution in [0.5, 0.6) is 5.75 Å². The Hall–Kier alpha value is -2.08. The Kier molecular flexibility index (Phi) is 4.47. The van der Waals surface area contributed by atoms with E-state index in [1.54, 1.807) is 39.0 Å². The number of amides is 1. The number of aliphatic hydroxyl groups excluding tert-OH is 1. The third-order valence-electron chi connectivity index (χ3n) is 3.17. The van der Waals surface area contributed by atoms with Crippen LogP contribution >= 0.6 is 0 Å². The van der Waals surface area contributed by atoms with Crippen molar-refractivity contribution in [2.24, 2.45) is 0 Å². The highest BCUT2D eigenvalue weighted by Gasteiger charge is 2.34. The van der Waals surface area contributed by atoms with Gasteiger partial charge in [-0.3, -0.25) is 9.69 Å². The van der Waals surface area contributed by atoms with Crippen LogP contribution in [0, 0.1) is 0 Å². The number of esters is 1. The minimum atomic E-state index is -0.753. The van der Waals surface area contributed by atoms with Crippen molar-refractivity contribution >= 4 is 17.6 Å². The highest BCUT2D eigenvalue weighted by atomic mass is 16.5. The Morgan fingerprint density at radius 2 is 2.14 bits per heavy atom. The fourth-order valence-corrected chi connectivity index (χ4v) is 2.18. The molecule has 1 aliphatic rings. The maximum atomic E-state index is 12.1. The average molecular weight is 293 g/mol. The van der Waals surface area contributed by atoms with E-state index in [1.165, 1.54) is 4.90 Å². The standard InChI is InChI=1S/C15H19NO5/c1-9(2)21-15(19)10(3)16-12-6-11(7-17)4-5-13(12)20-8-14(16)18/h4-6,9-10,17H,7-8H2,1-3H3. The molecule has 0 aromatic heterocycles. The first-order valence-electron chi connectivity index (χ1n) is 6.83. The summed E-state index contributed by atoms with van der Waals surface area (Å²) in [6, 6.07) is 4.28. The molecule has 0 radical (unpaired) electrons. The second-order valence-electron chi connectivity index (χ2n) is 5.17. The maximum absolute atomic E-state index is 12.1. The Balaban J connectivity index is 2.35. The predicted molar refractivity (Wildman–Crippen MR) is 76.0 cm³/mol. The molecule has 1 atom stereocenters. The summed E-state index contributed by atoms with van der Waals surface area (Å²) in [6.45, 7) is 4.85. The lowest BCUT2D eigenvalue weighted by Crippen LogP contribution is -2.49. The number of hydrogen-bond donors (Lipinski definition) is 1. The molecule has 0 saturated carbocycles. The van der Waals surface area contributed by atoms with Gasteiger partial charge in [0.2, 0.25) is 0 Å². The van der Waals surface area contributed by atoms with E-state index in [0.29, 0.717) is 17.0 Å². The number of aliphatic hydroxyl groups is 1. The van der Waals surface area contributed by atoms with Crippen LogP contribution in [0.3, 0.4) is 0 Å². The number of carbonyl (C=O) groups is 2. The molecular weight excluding hydrogens is 274 g/mol. The summed E-state index contributed by atoms with van der Waals surface area (Å²) in [7, 11) is 0. The van der Waals surface area contributed by atoms with Crippen LogP contribution in [0.1, 0.15) is 26.3 Å². The van der Waals surface area contributed by atoms with Crippen LogP contribution < -0.4 is 9.64 Å². The topological polar surface area (TPSA) is 76.1 Å². The Bertz CT molecular complexity index is 555. The summed E-state index contributed by atoms with van der Waals surface area (Å²) >= 11 is 0. The van der Waals surface area contributed by atoms with E-state index in [4.69, 9.17) is 9.47 Å². The molecular formula is C15H19NO5. The number of rotatable bonds is 4. The molecule has 1 aromatic rings. The number of hydrogen-bond acceptors (Lipinski definition) is 5. The van der Waals surface area contributed by atoms with Gasteiger partial charge in [-0.05, 0) is 38.5 Å². The molecule has 6 heteroatoms. The molecule has 6 nitrogen and oxygen atoms in total. The van der Waals surface area contributed by atoms with Crippen molar-refractivity contribution in [3.63, 3.8) is 0 Å².